The molecule has 1 saturated heterocycles. The van der Waals surface area contributed by atoms with Crippen LogP contribution in [0.2, 0.25) is 5.02 Å². The van der Waals surface area contributed by atoms with Crippen molar-refractivity contribution in [3.63, 3.8) is 0 Å². The van der Waals surface area contributed by atoms with E-state index in [1.807, 2.05) is 24.3 Å². The van der Waals surface area contributed by atoms with Crippen LogP contribution in [-0.2, 0) is 6.54 Å². The van der Waals surface area contributed by atoms with Crippen LogP contribution in [0.1, 0.15) is 18.4 Å². The summed E-state index contributed by atoms with van der Waals surface area (Å²) >= 11 is 5.78. The number of halogens is 3. The van der Waals surface area contributed by atoms with Crippen LogP contribution in [0, 0.1) is 0 Å². The number of alkyl halides is 2. The first-order valence-corrected chi connectivity index (χ1v) is 5.78. The Hall–Kier alpha value is -0.670. The molecule has 88 valence electrons. The van der Waals surface area contributed by atoms with Gasteiger partial charge in [-0.3, -0.25) is 4.90 Å². The molecule has 0 aromatic heterocycles. The summed E-state index contributed by atoms with van der Waals surface area (Å²) in [6.07, 6.45) is -0.0544. The molecule has 0 atom stereocenters. The largest absolute Gasteiger partial charge is 0.299 e. The van der Waals surface area contributed by atoms with Crippen LogP contribution in [0.15, 0.2) is 24.3 Å². The Morgan fingerprint density at radius 1 is 1.12 bits per heavy atom. The van der Waals surface area contributed by atoms with Gasteiger partial charge in [0.1, 0.15) is 0 Å². The van der Waals surface area contributed by atoms with Crippen molar-refractivity contribution in [3.05, 3.63) is 34.9 Å². The molecule has 1 fully saturated rings. The number of hydrogen-bond acceptors (Lipinski definition) is 1. The molecule has 4 heteroatoms. The average molecular weight is 246 g/mol. The van der Waals surface area contributed by atoms with Crippen molar-refractivity contribution in [2.24, 2.45) is 0 Å². The van der Waals surface area contributed by atoms with Crippen LogP contribution in [0.25, 0.3) is 0 Å². The number of benzene rings is 1. The van der Waals surface area contributed by atoms with Gasteiger partial charge in [0, 0.05) is 37.5 Å². The fraction of sp³-hybridized carbons (Fsp3) is 0.500. The lowest BCUT2D eigenvalue weighted by Crippen LogP contribution is -2.38. The molecule has 1 heterocycles. The number of hydrogen-bond donors (Lipinski definition) is 0. The van der Waals surface area contributed by atoms with Crippen molar-refractivity contribution >= 4 is 11.6 Å². The molecule has 0 N–H and O–H groups in total. The topological polar surface area (TPSA) is 3.24 Å². The van der Waals surface area contributed by atoms with E-state index in [1.54, 1.807) is 0 Å². The van der Waals surface area contributed by atoms with E-state index in [0.29, 0.717) is 18.1 Å². The van der Waals surface area contributed by atoms with Gasteiger partial charge < -0.3 is 0 Å². The van der Waals surface area contributed by atoms with Gasteiger partial charge in [0.15, 0.2) is 0 Å². The molecular formula is C12H14ClF2N. The van der Waals surface area contributed by atoms with Crippen LogP contribution in [0.5, 0.6) is 0 Å². The Labute approximate surface area is 99.0 Å². The van der Waals surface area contributed by atoms with Crippen LogP contribution < -0.4 is 0 Å². The highest BCUT2D eigenvalue weighted by Crippen LogP contribution is 2.28. The summed E-state index contributed by atoms with van der Waals surface area (Å²) in [5.74, 6) is -2.46. The minimum Gasteiger partial charge on any atom is -0.299 e. The zero-order chi connectivity index (χ0) is 11.6. The monoisotopic (exact) mass is 245 g/mol. The van der Waals surface area contributed by atoms with Crippen molar-refractivity contribution in [1.82, 2.24) is 4.90 Å². The summed E-state index contributed by atoms with van der Waals surface area (Å²) in [5, 5.41) is 0.703. The quantitative estimate of drug-likeness (QED) is 0.770. The van der Waals surface area contributed by atoms with Crippen molar-refractivity contribution in [3.8, 4) is 0 Å². The molecule has 0 radical (unpaired) electrons. The fourth-order valence-electron chi connectivity index (χ4n) is 1.89. The fourth-order valence-corrected chi connectivity index (χ4v) is 2.01. The summed E-state index contributed by atoms with van der Waals surface area (Å²) in [5.41, 5.74) is 1.12. The van der Waals surface area contributed by atoms with Crippen LogP contribution in [0.3, 0.4) is 0 Å². The Balaban J connectivity index is 1.89. The Kier molecular flexibility index (Phi) is 3.45. The van der Waals surface area contributed by atoms with Crippen LogP contribution >= 0.6 is 11.6 Å². The summed E-state index contributed by atoms with van der Waals surface area (Å²) < 4.78 is 25.9. The molecule has 2 rings (SSSR count). The van der Waals surface area contributed by atoms with Crippen LogP contribution in [0.4, 0.5) is 8.78 Å². The standard InChI is InChI=1S/C12H14ClF2N/c13-11-3-1-10(2-4-11)9-16-7-5-12(14,15)6-8-16/h1-4H,5-9H2. The van der Waals surface area contributed by atoms with Gasteiger partial charge in [0.2, 0.25) is 0 Å². The van der Waals surface area contributed by atoms with Crippen molar-refractivity contribution in [1.29, 1.82) is 0 Å². The van der Waals surface area contributed by atoms with E-state index in [-0.39, 0.29) is 12.8 Å². The molecule has 1 aliphatic rings. The maximum Gasteiger partial charge on any atom is 0.250 e. The third-order valence-electron chi connectivity index (χ3n) is 2.91. The van der Waals surface area contributed by atoms with Gasteiger partial charge >= 0.3 is 0 Å². The van der Waals surface area contributed by atoms with Gasteiger partial charge in [-0.1, -0.05) is 23.7 Å². The lowest BCUT2D eigenvalue weighted by molar-refractivity contribution is -0.0566. The van der Waals surface area contributed by atoms with Gasteiger partial charge in [-0.05, 0) is 17.7 Å². The zero-order valence-electron chi connectivity index (χ0n) is 8.93. The maximum absolute atomic E-state index is 12.9. The molecule has 0 spiro atoms. The van der Waals surface area contributed by atoms with Crippen molar-refractivity contribution in [2.75, 3.05) is 13.1 Å². The Morgan fingerprint density at radius 2 is 1.69 bits per heavy atom. The van der Waals surface area contributed by atoms with Crippen LogP contribution in [-0.4, -0.2) is 23.9 Å². The smallest absolute Gasteiger partial charge is 0.250 e. The predicted molar refractivity (Wildman–Crippen MR) is 60.9 cm³/mol. The third kappa shape index (κ3) is 3.16. The minimum absolute atomic E-state index is 0.0272. The predicted octanol–water partition coefficient (Wildman–Crippen LogP) is 3.57. The van der Waals surface area contributed by atoms with E-state index in [9.17, 15) is 8.78 Å². The lowest BCUT2D eigenvalue weighted by atomic mass is 10.1. The number of nitrogens with zero attached hydrogens (tertiary/aromatic N) is 1. The van der Waals surface area contributed by atoms with E-state index < -0.39 is 5.92 Å². The van der Waals surface area contributed by atoms with E-state index in [1.165, 1.54) is 0 Å². The van der Waals surface area contributed by atoms with E-state index in [0.717, 1.165) is 12.1 Å². The highest BCUT2D eigenvalue weighted by atomic mass is 35.5. The minimum atomic E-state index is -2.46. The Bertz CT molecular complexity index is 341. The molecule has 1 aromatic rings. The van der Waals surface area contributed by atoms with Gasteiger partial charge in [-0.15, -0.1) is 0 Å². The van der Waals surface area contributed by atoms with Gasteiger partial charge in [-0.25, -0.2) is 8.78 Å². The molecule has 0 unspecified atom stereocenters. The molecule has 1 nitrogen and oxygen atoms in total. The summed E-state index contributed by atoms with van der Waals surface area (Å²) in [7, 11) is 0. The second kappa shape index (κ2) is 4.68. The van der Waals surface area contributed by atoms with E-state index in [4.69, 9.17) is 11.6 Å². The number of likely N-dealkylation sites (tertiary alicyclic amines) is 1. The highest BCUT2D eigenvalue weighted by Gasteiger charge is 2.33. The van der Waals surface area contributed by atoms with E-state index >= 15 is 0 Å². The maximum atomic E-state index is 12.9. The molecular weight excluding hydrogens is 232 g/mol. The van der Waals surface area contributed by atoms with Crippen molar-refractivity contribution < 1.29 is 8.78 Å². The first kappa shape index (κ1) is 11.8. The Morgan fingerprint density at radius 3 is 2.25 bits per heavy atom. The normalized spacial score (nSPS) is 20.9. The summed E-state index contributed by atoms with van der Waals surface area (Å²) in [6.45, 7) is 1.67. The lowest BCUT2D eigenvalue weighted by Gasteiger charge is -2.31. The molecule has 1 aromatic carbocycles. The molecule has 16 heavy (non-hydrogen) atoms. The zero-order valence-corrected chi connectivity index (χ0v) is 9.68. The van der Waals surface area contributed by atoms with Crippen molar-refractivity contribution in [2.45, 2.75) is 25.3 Å². The van der Waals surface area contributed by atoms with Gasteiger partial charge in [0.25, 0.3) is 5.92 Å². The summed E-state index contributed by atoms with van der Waals surface area (Å²) in [4.78, 5) is 2.06. The van der Waals surface area contributed by atoms with Gasteiger partial charge in [-0.2, -0.15) is 0 Å². The third-order valence-corrected chi connectivity index (χ3v) is 3.16. The number of piperidine rings is 1. The second-order valence-electron chi connectivity index (χ2n) is 4.26. The first-order valence-electron chi connectivity index (χ1n) is 5.40. The molecule has 0 aliphatic carbocycles. The van der Waals surface area contributed by atoms with Gasteiger partial charge in [0.05, 0.1) is 0 Å². The second-order valence-corrected chi connectivity index (χ2v) is 4.70. The first-order chi connectivity index (χ1) is 7.55. The molecule has 0 saturated carbocycles. The summed E-state index contributed by atoms with van der Waals surface area (Å²) in [6, 6.07) is 7.54. The molecule has 0 amide bonds. The van der Waals surface area contributed by atoms with E-state index in [2.05, 4.69) is 4.90 Å². The average Bonchev–Trinajstić information content (AvgIpc) is 2.24. The molecule has 0 bridgehead atoms. The SMILES string of the molecule is FC1(F)CCN(Cc2ccc(Cl)cc2)CC1. The highest BCUT2D eigenvalue weighted by molar-refractivity contribution is 6.30. The number of rotatable bonds is 2. The molecule has 1 aliphatic heterocycles.